The van der Waals surface area contributed by atoms with Gasteiger partial charge in [-0.1, -0.05) is 0 Å². The standard InChI is InChI=1S/C16H28NO9P/c1-6-25-27(22,26-7-2)11-12(18)10-14(19)17(3)13(16(21)24-5)8-9-15(20)23-4/h13H,6-11H2,1-5H3/t13-/m0/s1. The number of esters is 2. The normalized spacial score (nSPS) is 12.2. The minimum Gasteiger partial charge on any atom is -0.469 e. The first-order valence-electron chi connectivity index (χ1n) is 8.44. The predicted molar refractivity (Wildman–Crippen MR) is 95.2 cm³/mol. The van der Waals surface area contributed by atoms with Gasteiger partial charge in [0.25, 0.3) is 0 Å². The van der Waals surface area contributed by atoms with Crippen LogP contribution in [0, 0.1) is 0 Å². The third-order valence-corrected chi connectivity index (χ3v) is 5.60. The van der Waals surface area contributed by atoms with Gasteiger partial charge in [-0.25, -0.2) is 4.79 Å². The molecule has 0 rings (SSSR count). The number of carbonyl (C=O) groups is 4. The number of ketones is 1. The largest absolute Gasteiger partial charge is 0.469 e. The van der Waals surface area contributed by atoms with E-state index in [4.69, 9.17) is 9.05 Å². The second kappa shape index (κ2) is 12.6. The number of likely N-dealkylation sites (N-methyl/N-ethyl adjacent to an activating group) is 1. The van der Waals surface area contributed by atoms with Crippen LogP contribution in [0.1, 0.15) is 33.1 Å². The fourth-order valence-corrected chi connectivity index (χ4v) is 3.81. The minimum absolute atomic E-state index is 0.0217. The van der Waals surface area contributed by atoms with Crippen molar-refractivity contribution in [3.05, 3.63) is 0 Å². The number of amides is 1. The van der Waals surface area contributed by atoms with Crippen molar-refractivity contribution in [2.75, 3.05) is 40.6 Å². The van der Waals surface area contributed by atoms with Gasteiger partial charge >= 0.3 is 19.5 Å². The van der Waals surface area contributed by atoms with E-state index < -0.39 is 49.8 Å². The third-order valence-electron chi connectivity index (χ3n) is 3.55. The number of hydrogen-bond acceptors (Lipinski definition) is 9. The summed E-state index contributed by atoms with van der Waals surface area (Å²) in [6.07, 6.45) is -1.26. The lowest BCUT2D eigenvalue weighted by Gasteiger charge is -2.26. The zero-order chi connectivity index (χ0) is 21.0. The van der Waals surface area contributed by atoms with E-state index in [0.29, 0.717) is 0 Å². The first-order valence-corrected chi connectivity index (χ1v) is 10.2. The Balaban J connectivity index is 4.99. The van der Waals surface area contributed by atoms with Crippen LogP contribution in [0.25, 0.3) is 0 Å². The molecule has 0 aliphatic carbocycles. The van der Waals surface area contributed by atoms with E-state index in [-0.39, 0.29) is 26.1 Å². The Morgan fingerprint density at radius 3 is 2.00 bits per heavy atom. The van der Waals surface area contributed by atoms with Gasteiger partial charge in [-0.15, -0.1) is 0 Å². The molecule has 0 spiro atoms. The quantitative estimate of drug-likeness (QED) is 0.250. The molecule has 0 saturated carbocycles. The SMILES string of the molecule is CCOP(=O)(CC(=O)CC(=O)N(C)[C@@H](CCC(=O)OC)C(=O)OC)OCC. The Hall–Kier alpha value is -1.77. The Kier molecular flexibility index (Phi) is 11.8. The van der Waals surface area contributed by atoms with Crippen LogP contribution in [0.4, 0.5) is 0 Å². The smallest absolute Gasteiger partial charge is 0.338 e. The van der Waals surface area contributed by atoms with Crippen LogP contribution >= 0.6 is 7.60 Å². The Morgan fingerprint density at radius 1 is 1.00 bits per heavy atom. The molecular formula is C16H28NO9P. The molecule has 0 heterocycles. The van der Waals surface area contributed by atoms with Gasteiger partial charge in [-0.2, -0.15) is 0 Å². The molecule has 0 fully saturated rings. The van der Waals surface area contributed by atoms with E-state index >= 15 is 0 Å². The monoisotopic (exact) mass is 409 g/mol. The van der Waals surface area contributed by atoms with Crippen LogP contribution < -0.4 is 0 Å². The van der Waals surface area contributed by atoms with Crippen LogP contribution in [0.15, 0.2) is 0 Å². The van der Waals surface area contributed by atoms with Gasteiger partial charge in [-0.05, 0) is 20.3 Å². The highest BCUT2D eigenvalue weighted by Crippen LogP contribution is 2.47. The van der Waals surface area contributed by atoms with Gasteiger partial charge in [-0.3, -0.25) is 18.9 Å². The third kappa shape index (κ3) is 9.12. The van der Waals surface area contributed by atoms with Crippen molar-refractivity contribution in [2.45, 2.75) is 39.2 Å². The zero-order valence-electron chi connectivity index (χ0n) is 16.4. The second-order valence-electron chi connectivity index (χ2n) is 5.48. The van der Waals surface area contributed by atoms with Crippen molar-refractivity contribution in [1.82, 2.24) is 4.90 Å². The Morgan fingerprint density at radius 2 is 1.56 bits per heavy atom. The van der Waals surface area contributed by atoms with E-state index in [1.54, 1.807) is 13.8 Å². The molecule has 0 aliphatic rings. The fourth-order valence-electron chi connectivity index (χ4n) is 2.22. The molecule has 1 atom stereocenters. The molecule has 11 heteroatoms. The van der Waals surface area contributed by atoms with Gasteiger partial charge in [0, 0.05) is 13.5 Å². The average Bonchev–Trinajstić information content (AvgIpc) is 2.60. The summed E-state index contributed by atoms with van der Waals surface area (Å²) in [4.78, 5) is 48.7. The lowest BCUT2D eigenvalue weighted by molar-refractivity contribution is -0.153. The molecule has 0 aliphatic heterocycles. The molecule has 1 amide bonds. The van der Waals surface area contributed by atoms with Crippen molar-refractivity contribution in [1.29, 1.82) is 0 Å². The number of ether oxygens (including phenoxy) is 2. The van der Waals surface area contributed by atoms with Crippen molar-refractivity contribution in [3.8, 4) is 0 Å². The number of Topliss-reactive ketones (excluding diaryl/α,β-unsaturated/α-hetero) is 1. The highest BCUT2D eigenvalue weighted by molar-refractivity contribution is 7.54. The summed E-state index contributed by atoms with van der Waals surface area (Å²) in [6.45, 7) is 3.40. The van der Waals surface area contributed by atoms with Gasteiger partial charge in [0.05, 0.1) is 33.9 Å². The predicted octanol–water partition coefficient (Wildman–Crippen LogP) is 1.16. The maximum atomic E-state index is 12.4. The number of methoxy groups -OCH3 is 2. The topological polar surface area (TPSA) is 126 Å². The molecule has 0 saturated heterocycles. The van der Waals surface area contributed by atoms with E-state index in [0.717, 1.165) is 12.0 Å². The molecule has 0 bridgehead atoms. The summed E-state index contributed by atoms with van der Waals surface area (Å²) in [5.41, 5.74) is 0. The highest BCUT2D eigenvalue weighted by atomic mass is 31.2. The second-order valence-corrected chi connectivity index (χ2v) is 7.53. The first kappa shape index (κ1) is 25.2. The Bertz CT molecular complexity index is 568. The van der Waals surface area contributed by atoms with Crippen LogP contribution in [-0.2, 0) is 42.3 Å². The van der Waals surface area contributed by atoms with Crippen LogP contribution in [-0.4, -0.2) is 75.2 Å². The lowest BCUT2D eigenvalue weighted by Crippen LogP contribution is -2.44. The zero-order valence-corrected chi connectivity index (χ0v) is 17.3. The van der Waals surface area contributed by atoms with Crippen LogP contribution in [0.2, 0.25) is 0 Å². The summed E-state index contributed by atoms with van der Waals surface area (Å²) in [5, 5.41) is 0. The summed E-state index contributed by atoms with van der Waals surface area (Å²) in [5.74, 6) is -2.60. The van der Waals surface area contributed by atoms with E-state index in [9.17, 15) is 23.7 Å². The lowest BCUT2D eigenvalue weighted by atomic mass is 10.1. The van der Waals surface area contributed by atoms with E-state index in [1.807, 2.05) is 0 Å². The summed E-state index contributed by atoms with van der Waals surface area (Å²) in [6, 6.07) is -1.06. The molecule has 156 valence electrons. The van der Waals surface area contributed by atoms with E-state index in [2.05, 4.69) is 9.47 Å². The number of nitrogens with zero attached hydrogens (tertiary/aromatic N) is 1. The first-order chi connectivity index (χ1) is 12.6. The number of rotatable bonds is 13. The average molecular weight is 409 g/mol. The van der Waals surface area contributed by atoms with E-state index in [1.165, 1.54) is 14.2 Å². The van der Waals surface area contributed by atoms with Gasteiger partial charge in [0.2, 0.25) is 5.91 Å². The summed E-state index contributed by atoms with van der Waals surface area (Å²) < 4.78 is 31.6. The number of hydrogen-bond donors (Lipinski definition) is 0. The maximum Gasteiger partial charge on any atom is 0.338 e. The van der Waals surface area contributed by atoms with Gasteiger partial charge < -0.3 is 23.4 Å². The number of carbonyl (C=O) groups excluding carboxylic acids is 4. The van der Waals surface area contributed by atoms with Gasteiger partial charge in [0.15, 0.2) is 5.78 Å². The van der Waals surface area contributed by atoms with Crippen molar-refractivity contribution in [2.24, 2.45) is 0 Å². The maximum absolute atomic E-state index is 12.4. The van der Waals surface area contributed by atoms with Crippen molar-refractivity contribution < 1.29 is 42.3 Å². The minimum atomic E-state index is -3.61. The van der Waals surface area contributed by atoms with Crippen LogP contribution in [0.3, 0.4) is 0 Å². The summed E-state index contributed by atoms with van der Waals surface area (Å²) >= 11 is 0. The summed E-state index contributed by atoms with van der Waals surface area (Å²) in [7, 11) is 0.0617. The van der Waals surface area contributed by atoms with Crippen LogP contribution in [0.5, 0.6) is 0 Å². The molecule has 10 nitrogen and oxygen atoms in total. The molecule has 0 radical (unpaired) electrons. The van der Waals surface area contributed by atoms with Gasteiger partial charge in [0.1, 0.15) is 12.2 Å². The molecule has 0 aromatic carbocycles. The van der Waals surface area contributed by atoms with Crippen molar-refractivity contribution >= 4 is 31.2 Å². The van der Waals surface area contributed by atoms with Crippen molar-refractivity contribution in [3.63, 3.8) is 0 Å². The molecule has 0 unspecified atom stereocenters. The molecule has 0 aromatic heterocycles. The molecule has 0 N–H and O–H groups in total. The molecular weight excluding hydrogens is 381 g/mol. The molecule has 0 aromatic rings. The Labute approximate surface area is 159 Å². The molecule has 27 heavy (non-hydrogen) atoms. The fraction of sp³-hybridized carbons (Fsp3) is 0.750. The highest BCUT2D eigenvalue weighted by Gasteiger charge is 2.32.